The molecule has 3 aromatic rings. The Bertz CT molecular complexity index is 1740. The third-order valence-electron chi connectivity index (χ3n) is 8.78. The van der Waals surface area contributed by atoms with Crippen molar-refractivity contribution >= 4 is 33.3 Å². The molecule has 13 nitrogen and oxygen atoms in total. The van der Waals surface area contributed by atoms with E-state index in [1.807, 2.05) is 13.8 Å². The zero-order valence-corrected chi connectivity index (χ0v) is 29.6. The van der Waals surface area contributed by atoms with Crippen molar-refractivity contribution < 1.29 is 42.1 Å². The van der Waals surface area contributed by atoms with Gasteiger partial charge in [0.25, 0.3) is 15.9 Å². The molecule has 0 unspecified atom stereocenters. The molecular weight excluding hydrogens is 664 g/mol. The van der Waals surface area contributed by atoms with Crippen LogP contribution < -0.4 is 24.2 Å². The van der Waals surface area contributed by atoms with Crippen LogP contribution in [0.5, 0.6) is 17.2 Å². The maximum Gasteiger partial charge on any atom is 0.321 e. The van der Waals surface area contributed by atoms with Crippen molar-refractivity contribution in [2.45, 2.75) is 63.2 Å². The fourth-order valence-corrected chi connectivity index (χ4v) is 6.88. The van der Waals surface area contributed by atoms with Crippen LogP contribution in [0.3, 0.4) is 0 Å². The van der Waals surface area contributed by atoms with Gasteiger partial charge in [-0.2, -0.15) is 0 Å². The minimum absolute atomic E-state index is 0.0845. The van der Waals surface area contributed by atoms with Gasteiger partial charge in [0.2, 0.25) is 6.79 Å². The molecule has 2 aliphatic rings. The summed E-state index contributed by atoms with van der Waals surface area (Å²) < 4.78 is 52.3. The number of carbonyl (C=O) groups excluding carboxylic acids is 2. The third-order valence-corrected chi connectivity index (χ3v) is 10.2. The van der Waals surface area contributed by atoms with Crippen molar-refractivity contribution in [1.82, 2.24) is 9.80 Å². The molecule has 4 atom stereocenters. The molecule has 3 aromatic carbocycles. The van der Waals surface area contributed by atoms with Crippen LogP contribution in [0.1, 0.15) is 50.4 Å². The summed E-state index contributed by atoms with van der Waals surface area (Å²) in [6.45, 7) is 6.27. The number of rotatable bonds is 8. The number of nitrogens with zero attached hydrogens (tertiary/aromatic N) is 2. The number of hydrogen-bond donors (Lipinski definition) is 3. The second-order valence-corrected chi connectivity index (χ2v) is 14.5. The first-order valence-corrected chi connectivity index (χ1v) is 18.3. The molecule has 0 saturated carbocycles. The first-order valence-electron chi connectivity index (χ1n) is 16.8. The van der Waals surface area contributed by atoms with Crippen LogP contribution in [-0.4, -0.2) is 93.7 Å². The number of anilines is 2. The summed E-state index contributed by atoms with van der Waals surface area (Å²) in [5, 5.41) is 13.1. The van der Waals surface area contributed by atoms with Gasteiger partial charge in [0.05, 0.1) is 35.3 Å². The van der Waals surface area contributed by atoms with E-state index in [2.05, 4.69) is 10.0 Å². The molecule has 0 bridgehead atoms. The summed E-state index contributed by atoms with van der Waals surface area (Å²) in [5.74, 6) is 0.768. The highest BCUT2D eigenvalue weighted by Gasteiger charge is 2.31. The number of nitrogens with one attached hydrogen (secondary N) is 2. The smallest absolute Gasteiger partial charge is 0.321 e. The molecule has 270 valence electrons. The second-order valence-electron chi connectivity index (χ2n) is 12.8. The number of aliphatic hydroxyl groups is 1. The number of aliphatic hydroxyl groups excluding tert-OH is 1. The minimum atomic E-state index is -3.93. The summed E-state index contributed by atoms with van der Waals surface area (Å²) in [6, 6.07) is 16.8. The van der Waals surface area contributed by atoms with Crippen molar-refractivity contribution in [1.29, 1.82) is 0 Å². The molecule has 0 aromatic heterocycles. The van der Waals surface area contributed by atoms with E-state index in [9.17, 15) is 23.1 Å². The Labute approximate surface area is 293 Å². The summed E-state index contributed by atoms with van der Waals surface area (Å²) in [4.78, 5) is 30.8. The fourth-order valence-electron chi connectivity index (χ4n) is 5.81. The average molecular weight is 711 g/mol. The number of amides is 3. The first kappa shape index (κ1) is 36.7. The van der Waals surface area contributed by atoms with Crippen LogP contribution in [0.25, 0.3) is 0 Å². The van der Waals surface area contributed by atoms with Crippen molar-refractivity contribution in [3.8, 4) is 17.2 Å². The van der Waals surface area contributed by atoms with Gasteiger partial charge in [0.1, 0.15) is 5.75 Å². The Morgan fingerprint density at radius 1 is 1.00 bits per heavy atom. The topological polar surface area (TPSA) is 156 Å². The Hall–Kier alpha value is -4.53. The average Bonchev–Trinajstić information content (AvgIpc) is 3.57. The van der Waals surface area contributed by atoms with Gasteiger partial charge in [0, 0.05) is 50.1 Å². The van der Waals surface area contributed by atoms with E-state index in [-0.39, 0.29) is 60.7 Å². The predicted octanol–water partition coefficient (Wildman–Crippen LogP) is 5.18. The largest absolute Gasteiger partial charge is 0.490 e. The van der Waals surface area contributed by atoms with Crippen LogP contribution in [0.4, 0.5) is 16.2 Å². The maximum atomic E-state index is 14.4. The third kappa shape index (κ3) is 9.17. The number of sulfonamides is 1. The molecule has 5 rings (SSSR count). The molecule has 2 heterocycles. The summed E-state index contributed by atoms with van der Waals surface area (Å²) in [7, 11) is -2.25. The number of hydrogen-bond acceptors (Lipinski definition) is 9. The van der Waals surface area contributed by atoms with Gasteiger partial charge in [0.15, 0.2) is 11.5 Å². The molecule has 0 radical (unpaired) electrons. The zero-order valence-electron chi connectivity index (χ0n) is 28.8. The molecule has 0 aliphatic carbocycles. The van der Waals surface area contributed by atoms with Crippen molar-refractivity contribution in [3.63, 3.8) is 0 Å². The highest BCUT2D eigenvalue weighted by molar-refractivity contribution is 7.92. The maximum absolute atomic E-state index is 14.4. The Kier molecular flexibility index (Phi) is 12.1. The SMILES string of the molecule is C[C@@H]1CCCCO[C@H](CN(C)C(=O)Nc2ccc3c(c2)OCO3)[C@@H](C)CN([C@H](C)CO)C(=O)c2cc(NS(=O)(=O)c3ccccc3)ccc2O1. The number of likely N-dealkylation sites (N-methyl/N-ethyl adjacent to an activating group) is 1. The van der Waals surface area contributed by atoms with Gasteiger partial charge in [-0.1, -0.05) is 25.1 Å². The van der Waals surface area contributed by atoms with Crippen LogP contribution in [-0.2, 0) is 14.8 Å². The number of benzene rings is 3. The predicted molar refractivity (Wildman–Crippen MR) is 188 cm³/mol. The minimum Gasteiger partial charge on any atom is -0.490 e. The molecule has 0 saturated heterocycles. The lowest BCUT2D eigenvalue weighted by atomic mass is 10.0. The molecule has 0 spiro atoms. The summed E-state index contributed by atoms with van der Waals surface area (Å²) >= 11 is 0. The van der Waals surface area contributed by atoms with E-state index >= 15 is 0 Å². The normalized spacial score (nSPS) is 20.5. The van der Waals surface area contributed by atoms with Crippen molar-refractivity contribution in [2.24, 2.45) is 5.92 Å². The second kappa shape index (κ2) is 16.5. The highest BCUT2D eigenvalue weighted by atomic mass is 32.2. The van der Waals surface area contributed by atoms with Gasteiger partial charge in [-0.25, -0.2) is 13.2 Å². The van der Waals surface area contributed by atoms with Crippen LogP contribution in [0.15, 0.2) is 71.6 Å². The lowest BCUT2D eigenvalue weighted by Crippen LogP contribution is -2.48. The molecular formula is C36H46N4O9S. The van der Waals surface area contributed by atoms with E-state index in [0.717, 1.165) is 12.8 Å². The van der Waals surface area contributed by atoms with E-state index in [1.165, 1.54) is 23.1 Å². The van der Waals surface area contributed by atoms with E-state index in [0.29, 0.717) is 36.0 Å². The van der Waals surface area contributed by atoms with Gasteiger partial charge >= 0.3 is 6.03 Å². The van der Waals surface area contributed by atoms with Crippen LogP contribution >= 0.6 is 0 Å². The Morgan fingerprint density at radius 2 is 1.72 bits per heavy atom. The van der Waals surface area contributed by atoms with Gasteiger partial charge in [-0.05, 0) is 75.6 Å². The van der Waals surface area contributed by atoms with Crippen LogP contribution in [0, 0.1) is 5.92 Å². The number of urea groups is 1. The lowest BCUT2D eigenvalue weighted by molar-refractivity contribution is -0.0115. The van der Waals surface area contributed by atoms with E-state index in [1.54, 1.807) is 67.4 Å². The molecule has 14 heteroatoms. The zero-order chi connectivity index (χ0) is 35.8. The Balaban J connectivity index is 1.38. The van der Waals surface area contributed by atoms with Gasteiger partial charge < -0.3 is 39.2 Å². The van der Waals surface area contributed by atoms with Gasteiger partial charge in [-0.3, -0.25) is 9.52 Å². The monoisotopic (exact) mass is 710 g/mol. The molecule has 50 heavy (non-hydrogen) atoms. The number of ether oxygens (including phenoxy) is 4. The highest BCUT2D eigenvalue weighted by Crippen LogP contribution is 2.34. The molecule has 0 fully saturated rings. The van der Waals surface area contributed by atoms with Crippen molar-refractivity contribution in [3.05, 3.63) is 72.3 Å². The lowest BCUT2D eigenvalue weighted by Gasteiger charge is -2.35. The molecule has 3 amide bonds. The van der Waals surface area contributed by atoms with Gasteiger partial charge in [-0.15, -0.1) is 0 Å². The molecule has 3 N–H and O–H groups in total. The number of fused-ring (bicyclic) bond motifs is 2. The van der Waals surface area contributed by atoms with E-state index in [4.69, 9.17) is 18.9 Å². The summed E-state index contributed by atoms with van der Waals surface area (Å²) in [6.07, 6.45) is 1.54. The standard InChI is InChI=1S/C36H46N4O9S/c1-24-20-40(25(2)22-41)35(42)30-18-28(38-50(44,45)29-11-6-5-7-12-29)14-15-31(30)49-26(3)10-8-9-17-46-34(24)21-39(4)36(43)37-27-13-16-32-33(19-27)48-23-47-32/h5-7,11-16,18-19,24-26,34,38,41H,8-10,17,20-23H2,1-4H3,(H,37,43)/t24-,25+,26+,34+/m0/s1. The quantitative estimate of drug-likeness (QED) is 0.287. The molecule has 2 aliphatic heterocycles. The van der Waals surface area contributed by atoms with Crippen LogP contribution in [0.2, 0.25) is 0 Å². The van der Waals surface area contributed by atoms with E-state index < -0.39 is 28.1 Å². The number of carbonyl (C=O) groups is 2. The Morgan fingerprint density at radius 3 is 2.48 bits per heavy atom. The summed E-state index contributed by atoms with van der Waals surface area (Å²) in [5.41, 5.74) is 0.909. The fraction of sp³-hybridized carbons (Fsp3) is 0.444. The van der Waals surface area contributed by atoms with Crippen molar-refractivity contribution in [2.75, 3.05) is 50.2 Å². The first-order chi connectivity index (χ1) is 23.9.